The molecule has 1 atom stereocenters. The fourth-order valence-corrected chi connectivity index (χ4v) is 3.97. The molecular formula is C23H25FN2. The Hall–Kier alpha value is -2.39. The summed E-state index contributed by atoms with van der Waals surface area (Å²) in [6.45, 7) is 4.77. The largest absolute Gasteiger partial charge is 0.350 e. The molecule has 0 unspecified atom stereocenters. The van der Waals surface area contributed by atoms with Crippen LogP contribution in [-0.2, 0) is 19.5 Å². The Balaban J connectivity index is 1.74. The number of hydrogen-bond donors (Lipinski definition) is 0. The number of nitrogens with zero attached hydrogens (tertiary/aromatic N) is 2. The van der Waals surface area contributed by atoms with Gasteiger partial charge in [-0.1, -0.05) is 49.4 Å². The van der Waals surface area contributed by atoms with Crippen molar-refractivity contribution in [2.24, 2.45) is 0 Å². The highest BCUT2D eigenvalue weighted by Crippen LogP contribution is 2.33. The van der Waals surface area contributed by atoms with Gasteiger partial charge in [0.2, 0.25) is 0 Å². The van der Waals surface area contributed by atoms with E-state index in [0.717, 1.165) is 31.5 Å². The number of halogens is 1. The first-order valence-electron chi connectivity index (χ1n) is 9.47. The van der Waals surface area contributed by atoms with E-state index < -0.39 is 0 Å². The Bertz CT molecular complexity index is 866. The standard InChI is InChI=1S/C23H25FN2/c1-2-18-10-12-19(13-11-18)23-22-9-5-14-25(22)15-6-16-26(23)17-20-7-3-4-8-21(20)24/h3-5,7-14,23H,2,6,15-17H2,1H3/t23-/m0/s1. The van der Waals surface area contributed by atoms with Gasteiger partial charge in [0.1, 0.15) is 5.82 Å². The van der Waals surface area contributed by atoms with Gasteiger partial charge in [-0.05, 0) is 42.2 Å². The lowest BCUT2D eigenvalue weighted by Gasteiger charge is -2.31. The molecule has 0 amide bonds. The van der Waals surface area contributed by atoms with Crippen molar-refractivity contribution in [3.8, 4) is 0 Å². The normalized spacial score (nSPS) is 17.7. The highest BCUT2D eigenvalue weighted by Gasteiger charge is 2.27. The molecular weight excluding hydrogens is 323 g/mol. The Morgan fingerprint density at radius 1 is 0.962 bits per heavy atom. The number of aromatic nitrogens is 1. The van der Waals surface area contributed by atoms with E-state index in [2.05, 4.69) is 59.0 Å². The lowest BCUT2D eigenvalue weighted by Crippen LogP contribution is -2.29. The molecule has 0 saturated heterocycles. The molecule has 0 bridgehead atoms. The van der Waals surface area contributed by atoms with E-state index in [-0.39, 0.29) is 11.9 Å². The quantitative estimate of drug-likeness (QED) is 0.630. The van der Waals surface area contributed by atoms with Crippen molar-refractivity contribution in [3.63, 3.8) is 0 Å². The van der Waals surface area contributed by atoms with Crippen LogP contribution in [0.3, 0.4) is 0 Å². The van der Waals surface area contributed by atoms with Crippen LogP contribution in [0.5, 0.6) is 0 Å². The molecule has 3 heteroatoms. The maximum atomic E-state index is 14.3. The zero-order valence-electron chi connectivity index (χ0n) is 15.2. The van der Waals surface area contributed by atoms with Gasteiger partial charge in [0, 0.05) is 37.1 Å². The Morgan fingerprint density at radius 2 is 1.77 bits per heavy atom. The van der Waals surface area contributed by atoms with E-state index in [0.29, 0.717) is 6.54 Å². The Labute approximate surface area is 154 Å². The van der Waals surface area contributed by atoms with Crippen molar-refractivity contribution in [2.45, 2.75) is 38.9 Å². The van der Waals surface area contributed by atoms with E-state index in [1.165, 1.54) is 16.8 Å². The molecule has 1 aromatic heterocycles. The van der Waals surface area contributed by atoms with Crippen LogP contribution in [0, 0.1) is 5.82 Å². The third kappa shape index (κ3) is 3.32. The smallest absolute Gasteiger partial charge is 0.127 e. The molecule has 1 aliphatic rings. The zero-order valence-corrected chi connectivity index (χ0v) is 15.2. The number of rotatable bonds is 4. The summed E-state index contributed by atoms with van der Waals surface area (Å²) in [7, 11) is 0. The second-order valence-corrected chi connectivity index (χ2v) is 7.04. The van der Waals surface area contributed by atoms with Crippen molar-refractivity contribution >= 4 is 0 Å². The van der Waals surface area contributed by atoms with Gasteiger partial charge >= 0.3 is 0 Å². The van der Waals surface area contributed by atoms with Crippen molar-refractivity contribution in [2.75, 3.05) is 6.54 Å². The van der Waals surface area contributed by atoms with E-state index in [9.17, 15) is 4.39 Å². The second-order valence-electron chi connectivity index (χ2n) is 7.04. The first-order chi connectivity index (χ1) is 12.8. The minimum atomic E-state index is -0.118. The Kier molecular flexibility index (Phi) is 4.89. The number of benzene rings is 2. The molecule has 26 heavy (non-hydrogen) atoms. The summed E-state index contributed by atoms with van der Waals surface area (Å²) in [6.07, 6.45) is 4.27. The first-order valence-corrected chi connectivity index (χ1v) is 9.47. The second kappa shape index (κ2) is 7.46. The van der Waals surface area contributed by atoms with Crippen LogP contribution in [0.2, 0.25) is 0 Å². The maximum Gasteiger partial charge on any atom is 0.127 e. The summed E-state index contributed by atoms with van der Waals surface area (Å²) >= 11 is 0. The van der Waals surface area contributed by atoms with E-state index in [4.69, 9.17) is 0 Å². The molecule has 2 aromatic carbocycles. The highest BCUT2D eigenvalue weighted by molar-refractivity contribution is 5.32. The van der Waals surface area contributed by atoms with Crippen LogP contribution >= 0.6 is 0 Å². The molecule has 0 radical (unpaired) electrons. The summed E-state index contributed by atoms with van der Waals surface area (Å²) in [5.41, 5.74) is 4.68. The molecule has 0 spiro atoms. The third-order valence-corrected chi connectivity index (χ3v) is 5.39. The maximum absolute atomic E-state index is 14.3. The monoisotopic (exact) mass is 348 g/mol. The van der Waals surface area contributed by atoms with Crippen molar-refractivity contribution in [3.05, 3.63) is 95.1 Å². The number of hydrogen-bond acceptors (Lipinski definition) is 1. The third-order valence-electron chi connectivity index (χ3n) is 5.39. The van der Waals surface area contributed by atoms with Crippen molar-refractivity contribution in [1.29, 1.82) is 0 Å². The number of aryl methyl sites for hydroxylation is 2. The van der Waals surface area contributed by atoms with E-state index in [1.807, 2.05) is 12.1 Å². The van der Waals surface area contributed by atoms with Crippen LogP contribution in [0.15, 0.2) is 66.9 Å². The predicted octanol–water partition coefficient (Wildman–Crippen LogP) is 5.18. The van der Waals surface area contributed by atoms with E-state index in [1.54, 1.807) is 12.1 Å². The molecule has 1 aliphatic heterocycles. The van der Waals surface area contributed by atoms with Gasteiger partial charge < -0.3 is 4.57 Å². The summed E-state index contributed by atoms with van der Waals surface area (Å²) in [6, 6.07) is 20.5. The van der Waals surface area contributed by atoms with Crippen LogP contribution in [0.1, 0.15) is 41.8 Å². The summed E-state index contributed by atoms with van der Waals surface area (Å²) in [5, 5.41) is 0. The number of fused-ring (bicyclic) bond motifs is 1. The Morgan fingerprint density at radius 3 is 2.54 bits per heavy atom. The molecule has 3 aromatic rings. The van der Waals surface area contributed by atoms with Gasteiger partial charge in [-0.2, -0.15) is 0 Å². The first kappa shape index (κ1) is 17.0. The SMILES string of the molecule is CCc1ccc([C@H]2c3cccn3CCCN2Cc2ccccc2F)cc1. The summed E-state index contributed by atoms with van der Waals surface area (Å²) < 4.78 is 16.6. The van der Waals surface area contributed by atoms with Gasteiger partial charge in [0.25, 0.3) is 0 Å². The highest BCUT2D eigenvalue weighted by atomic mass is 19.1. The molecule has 0 saturated carbocycles. The topological polar surface area (TPSA) is 8.17 Å². The molecule has 0 fully saturated rings. The fraction of sp³-hybridized carbons (Fsp3) is 0.304. The summed E-state index contributed by atoms with van der Waals surface area (Å²) in [5.74, 6) is -0.118. The van der Waals surface area contributed by atoms with Crippen molar-refractivity contribution < 1.29 is 4.39 Å². The zero-order chi connectivity index (χ0) is 17.9. The van der Waals surface area contributed by atoms with E-state index >= 15 is 0 Å². The average molecular weight is 348 g/mol. The minimum Gasteiger partial charge on any atom is -0.350 e. The summed E-state index contributed by atoms with van der Waals surface area (Å²) in [4.78, 5) is 2.41. The predicted molar refractivity (Wildman–Crippen MR) is 104 cm³/mol. The molecule has 0 N–H and O–H groups in total. The molecule has 2 nitrogen and oxygen atoms in total. The van der Waals surface area contributed by atoms with Gasteiger partial charge in [-0.15, -0.1) is 0 Å². The molecule has 2 heterocycles. The van der Waals surface area contributed by atoms with Gasteiger partial charge in [-0.25, -0.2) is 4.39 Å². The molecule has 0 aliphatic carbocycles. The van der Waals surface area contributed by atoms with Crippen LogP contribution in [0.4, 0.5) is 4.39 Å². The lowest BCUT2D eigenvalue weighted by molar-refractivity contribution is 0.217. The fourth-order valence-electron chi connectivity index (χ4n) is 3.97. The molecule has 4 rings (SSSR count). The minimum absolute atomic E-state index is 0.118. The van der Waals surface area contributed by atoms with Crippen LogP contribution in [0.25, 0.3) is 0 Å². The average Bonchev–Trinajstić information content (AvgIpc) is 3.05. The van der Waals surface area contributed by atoms with Gasteiger partial charge in [0.15, 0.2) is 0 Å². The molecule has 134 valence electrons. The van der Waals surface area contributed by atoms with Gasteiger partial charge in [0.05, 0.1) is 6.04 Å². The van der Waals surface area contributed by atoms with Crippen molar-refractivity contribution in [1.82, 2.24) is 9.47 Å². The lowest BCUT2D eigenvalue weighted by atomic mass is 9.99. The van der Waals surface area contributed by atoms with Crippen LogP contribution < -0.4 is 0 Å². The van der Waals surface area contributed by atoms with Crippen LogP contribution in [-0.4, -0.2) is 16.0 Å². The van der Waals surface area contributed by atoms with Gasteiger partial charge in [-0.3, -0.25) is 4.90 Å².